The third-order valence-corrected chi connectivity index (χ3v) is 6.19. The predicted molar refractivity (Wildman–Crippen MR) is 114 cm³/mol. The fourth-order valence-corrected chi connectivity index (χ4v) is 4.42. The Bertz CT molecular complexity index is 939. The van der Waals surface area contributed by atoms with Gasteiger partial charge in [-0.2, -0.15) is 0 Å². The summed E-state index contributed by atoms with van der Waals surface area (Å²) in [7, 11) is 0. The fraction of sp³-hybridized carbons (Fsp3) is 0.385. The molecule has 0 spiro atoms. The number of alkyl halides is 2. The van der Waals surface area contributed by atoms with Gasteiger partial charge in [0.25, 0.3) is 0 Å². The summed E-state index contributed by atoms with van der Waals surface area (Å²) in [4.78, 5) is 0. The molecule has 0 heterocycles. The van der Waals surface area contributed by atoms with Gasteiger partial charge >= 0.3 is 0 Å². The third-order valence-electron chi connectivity index (χ3n) is 6.19. The number of hydrogen-bond donors (Lipinski definition) is 0. The summed E-state index contributed by atoms with van der Waals surface area (Å²) >= 11 is 0. The second-order valence-electron chi connectivity index (χ2n) is 8.34. The predicted octanol–water partition coefficient (Wildman–Crippen LogP) is 7.29. The van der Waals surface area contributed by atoms with Gasteiger partial charge in [-0.05, 0) is 66.2 Å². The number of benzene rings is 2. The molecule has 0 saturated heterocycles. The summed E-state index contributed by atoms with van der Waals surface area (Å²) in [6.45, 7) is 1.94. The van der Waals surface area contributed by atoms with Crippen LogP contribution in [-0.4, -0.2) is 12.3 Å². The molecular formula is C26H27F3O. The first-order chi connectivity index (χ1) is 14.5. The van der Waals surface area contributed by atoms with E-state index in [-0.39, 0.29) is 18.3 Å². The van der Waals surface area contributed by atoms with Crippen molar-refractivity contribution < 1.29 is 17.9 Å². The van der Waals surface area contributed by atoms with Gasteiger partial charge in [0.1, 0.15) is 18.2 Å². The first-order valence-electron chi connectivity index (χ1n) is 10.7. The van der Waals surface area contributed by atoms with E-state index in [1.807, 2.05) is 13.0 Å². The summed E-state index contributed by atoms with van der Waals surface area (Å²) in [6, 6.07) is 11.9. The van der Waals surface area contributed by atoms with Crippen molar-refractivity contribution in [1.82, 2.24) is 0 Å². The molecule has 30 heavy (non-hydrogen) atoms. The van der Waals surface area contributed by atoms with E-state index in [0.29, 0.717) is 28.0 Å². The molecule has 0 aliphatic heterocycles. The number of halogens is 3. The number of allylic oxidation sites excluding steroid dienone is 4. The highest BCUT2D eigenvalue weighted by Gasteiger charge is 2.35. The molecule has 158 valence electrons. The van der Waals surface area contributed by atoms with E-state index in [9.17, 15) is 13.2 Å². The molecule has 4 rings (SSSR count). The monoisotopic (exact) mass is 412 g/mol. The molecule has 0 aromatic heterocycles. The van der Waals surface area contributed by atoms with Gasteiger partial charge in [0.2, 0.25) is 0 Å². The highest BCUT2D eigenvalue weighted by molar-refractivity contribution is 5.73. The van der Waals surface area contributed by atoms with Crippen LogP contribution in [0.2, 0.25) is 0 Å². The topological polar surface area (TPSA) is 9.23 Å². The normalized spacial score (nSPS) is 22.4. The Balaban J connectivity index is 1.45. The Morgan fingerprint density at radius 3 is 2.33 bits per heavy atom. The average Bonchev–Trinajstić information content (AvgIpc) is 2.76. The fourth-order valence-electron chi connectivity index (χ4n) is 4.42. The third kappa shape index (κ3) is 4.48. The van der Waals surface area contributed by atoms with Crippen molar-refractivity contribution in [2.45, 2.75) is 58.0 Å². The molecule has 0 radical (unpaired) electrons. The molecule has 2 unspecified atom stereocenters. The summed E-state index contributed by atoms with van der Waals surface area (Å²) < 4.78 is 49.4. The Morgan fingerprint density at radius 1 is 0.900 bits per heavy atom. The lowest BCUT2D eigenvalue weighted by molar-refractivity contribution is 0.217. The van der Waals surface area contributed by atoms with E-state index < -0.39 is 12.3 Å². The maximum Gasteiger partial charge on any atom is 0.161 e. The van der Waals surface area contributed by atoms with Crippen molar-refractivity contribution in [3.05, 3.63) is 82.7 Å². The standard InChI is InChI=1S/C26H27F3O/c1-17-7-8-20(24(27)15-17)16-30-21-11-9-19(10-12-21)23-14-13-22(25(28)26(23)29)18-5-3-2-4-6-18/h7-15,18,25-26H,2-6,16H2,1H3. The zero-order valence-corrected chi connectivity index (χ0v) is 17.2. The van der Waals surface area contributed by atoms with E-state index >= 15 is 0 Å². The van der Waals surface area contributed by atoms with Crippen LogP contribution in [-0.2, 0) is 6.61 Å². The molecule has 1 saturated carbocycles. The molecular weight excluding hydrogens is 385 g/mol. The Kier molecular flexibility index (Phi) is 6.31. The van der Waals surface area contributed by atoms with E-state index in [0.717, 1.165) is 31.2 Å². The molecule has 1 fully saturated rings. The van der Waals surface area contributed by atoms with Gasteiger partial charge < -0.3 is 4.74 Å². The van der Waals surface area contributed by atoms with Crippen LogP contribution < -0.4 is 4.74 Å². The van der Waals surface area contributed by atoms with Crippen molar-refractivity contribution in [2.24, 2.45) is 5.92 Å². The van der Waals surface area contributed by atoms with Crippen LogP contribution in [0.3, 0.4) is 0 Å². The lowest BCUT2D eigenvalue weighted by atomic mass is 9.78. The molecule has 1 nitrogen and oxygen atoms in total. The van der Waals surface area contributed by atoms with Gasteiger partial charge in [-0.1, -0.05) is 55.7 Å². The van der Waals surface area contributed by atoms with Crippen LogP contribution in [0.15, 0.2) is 60.2 Å². The van der Waals surface area contributed by atoms with Crippen molar-refractivity contribution in [3.8, 4) is 5.75 Å². The second-order valence-corrected chi connectivity index (χ2v) is 8.34. The van der Waals surface area contributed by atoms with Gasteiger partial charge in [-0.3, -0.25) is 0 Å². The number of rotatable bonds is 5. The summed E-state index contributed by atoms with van der Waals surface area (Å²) in [5.41, 5.74) is 2.94. The molecule has 0 N–H and O–H groups in total. The van der Waals surface area contributed by atoms with Gasteiger partial charge in [0.05, 0.1) is 0 Å². The van der Waals surface area contributed by atoms with Crippen molar-refractivity contribution >= 4 is 5.57 Å². The molecule has 0 amide bonds. The van der Waals surface area contributed by atoms with Gasteiger partial charge in [0, 0.05) is 5.56 Å². The first-order valence-corrected chi connectivity index (χ1v) is 10.7. The largest absolute Gasteiger partial charge is 0.489 e. The molecule has 2 aromatic rings. The van der Waals surface area contributed by atoms with E-state index in [1.165, 1.54) is 12.5 Å². The Hall–Kier alpha value is -2.49. The minimum Gasteiger partial charge on any atom is -0.489 e. The zero-order chi connectivity index (χ0) is 21.1. The molecule has 2 aromatic carbocycles. The molecule has 2 aliphatic carbocycles. The van der Waals surface area contributed by atoms with E-state index in [4.69, 9.17) is 4.74 Å². The minimum absolute atomic E-state index is 0.111. The highest BCUT2D eigenvalue weighted by Crippen LogP contribution is 2.39. The summed E-state index contributed by atoms with van der Waals surface area (Å²) in [5.74, 6) is 0.428. The highest BCUT2D eigenvalue weighted by atomic mass is 19.2. The maximum absolute atomic E-state index is 14.9. The number of aryl methyl sites for hydroxylation is 1. The quantitative estimate of drug-likeness (QED) is 0.501. The van der Waals surface area contributed by atoms with Crippen LogP contribution in [0.5, 0.6) is 5.75 Å². The lowest BCUT2D eigenvalue weighted by Crippen LogP contribution is -2.28. The summed E-state index contributed by atoms with van der Waals surface area (Å²) in [6.07, 6.45) is 5.57. The van der Waals surface area contributed by atoms with E-state index in [2.05, 4.69) is 0 Å². The lowest BCUT2D eigenvalue weighted by Gasteiger charge is -2.31. The van der Waals surface area contributed by atoms with E-state index in [1.54, 1.807) is 42.5 Å². The maximum atomic E-state index is 14.9. The second kappa shape index (κ2) is 9.11. The first kappa shape index (κ1) is 20.8. The molecule has 4 heteroatoms. The number of ether oxygens (including phenoxy) is 1. The zero-order valence-electron chi connectivity index (χ0n) is 17.2. The van der Waals surface area contributed by atoms with Crippen LogP contribution in [0.25, 0.3) is 5.57 Å². The van der Waals surface area contributed by atoms with Gasteiger partial charge in [-0.15, -0.1) is 0 Å². The van der Waals surface area contributed by atoms with Crippen molar-refractivity contribution in [2.75, 3.05) is 0 Å². The Morgan fingerprint density at radius 2 is 1.63 bits per heavy atom. The van der Waals surface area contributed by atoms with Crippen LogP contribution in [0, 0.1) is 18.7 Å². The molecule has 2 atom stereocenters. The molecule has 2 aliphatic rings. The minimum atomic E-state index is -1.65. The van der Waals surface area contributed by atoms with Gasteiger partial charge in [0.15, 0.2) is 12.3 Å². The van der Waals surface area contributed by atoms with Crippen molar-refractivity contribution in [1.29, 1.82) is 0 Å². The summed E-state index contributed by atoms with van der Waals surface area (Å²) in [5, 5.41) is 0. The Labute approximate surface area is 176 Å². The van der Waals surface area contributed by atoms with Gasteiger partial charge in [-0.25, -0.2) is 13.2 Å². The van der Waals surface area contributed by atoms with Crippen molar-refractivity contribution in [3.63, 3.8) is 0 Å². The van der Waals surface area contributed by atoms with Crippen LogP contribution >= 0.6 is 0 Å². The SMILES string of the molecule is Cc1ccc(COc2ccc(C3=CC=C(C4CCCCC4)C(F)C3F)cc2)c(F)c1. The average molecular weight is 412 g/mol. The van der Waals surface area contributed by atoms with Crippen LogP contribution in [0.1, 0.15) is 48.8 Å². The molecule has 0 bridgehead atoms. The van der Waals surface area contributed by atoms with Crippen LogP contribution in [0.4, 0.5) is 13.2 Å². The smallest absolute Gasteiger partial charge is 0.161 e. The number of hydrogen-bond acceptors (Lipinski definition) is 1.